The summed E-state index contributed by atoms with van der Waals surface area (Å²) >= 11 is 0. The average Bonchev–Trinajstić information content (AvgIpc) is 3.24. The number of fused-ring (bicyclic) bond motifs is 1. The molecular formula is C17H24N6O. The van der Waals surface area contributed by atoms with E-state index in [0.29, 0.717) is 11.9 Å². The maximum absolute atomic E-state index is 12.6. The predicted molar refractivity (Wildman–Crippen MR) is 90.9 cm³/mol. The minimum Gasteiger partial charge on any atom is -0.309 e. The van der Waals surface area contributed by atoms with Crippen molar-refractivity contribution in [1.29, 1.82) is 0 Å². The number of piperidine rings is 1. The van der Waals surface area contributed by atoms with Gasteiger partial charge in [0.25, 0.3) is 0 Å². The van der Waals surface area contributed by atoms with Crippen LogP contribution in [0.5, 0.6) is 0 Å². The molecule has 2 aromatic heterocycles. The quantitative estimate of drug-likeness (QED) is 0.902. The number of nitrogens with one attached hydrogen (secondary N) is 2. The van der Waals surface area contributed by atoms with E-state index in [0.717, 1.165) is 56.5 Å². The van der Waals surface area contributed by atoms with Crippen molar-refractivity contribution in [3.8, 4) is 0 Å². The molecule has 1 aliphatic carbocycles. The second kappa shape index (κ2) is 6.39. The van der Waals surface area contributed by atoms with Crippen LogP contribution in [0, 0.1) is 0 Å². The van der Waals surface area contributed by atoms with Gasteiger partial charge in [0.2, 0.25) is 5.91 Å². The first-order valence-corrected chi connectivity index (χ1v) is 8.77. The molecule has 7 heteroatoms. The van der Waals surface area contributed by atoms with Gasteiger partial charge in [0.15, 0.2) is 5.82 Å². The minimum atomic E-state index is -0.124. The molecule has 0 saturated carbocycles. The van der Waals surface area contributed by atoms with Gasteiger partial charge in [-0.05, 0) is 52.2 Å². The number of nitrogens with zero attached hydrogens (tertiary/aromatic N) is 4. The van der Waals surface area contributed by atoms with E-state index in [-0.39, 0.29) is 11.8 Å². The van der Waals surface area contributed by atoms with Crippen molar-refractivity contribution in [2.75, 3.05) is 25.5 Å². The Labute approximate surface area is 141 Å². The zero-order valence-electron chi connectivity index (χ0n) is 14.0. The van der Waals surface area contributed by atoms with E-state index in [9.17, 15) is 4.79 Å². The number of hydrogen-bond donors (Lipinski definition) is 2. The summed E-state index contributed by atoms with van der Waals surface area (Å²) in [6.45, 7) is 2.19. The molecule has 4 rings (SSSR count). The standard InChI is InChI=1S/C17H24N6O/c1-22-8-5-12(6-9-22)23-10-7-16(21-23)19-17(24)13-3-2-4-15-14(13)11-18-20-15/h7,10-13H,2-6,8-9H2,1H3,(H,18,20)(H,19,21,24). The van der Waals surface area contributed by atoms with Gasteiger partial charge in [-0.15, -0.1) is 0 Å². The van der Waals surface area contributed by atoms with Crippen molar-refractivity contribution >= 4 is 11.7 Å². The molecule has 0 bridgehead atoms. The monoisotopic (exact) mass is 328 g/mol. The SMILES string of the molecule is CN1CCC(n2ccc(NC(=O)C3CCCc4[nH]ncc43)n2)CC1. The Kier molecular flexibility index (Phi) is 4.10. The maximum Gasteiger partial charge on any atom is 0.233 e. The molecule has 7 nitrogen and oxygen atoms in total. The molecule has 2 N–H and O–H groups in total. The van der Waals surface area contributed by atoms with Crippen molar-refractivity contribution in [2.24, 2.45) is 0 Å². The molecule has 1 atom stereocenters. The first-order chi connectivity index (χ1) is 11.7. The summed E-state index contributed by atoms with van der Waals surface area (Å²) in [5, 5.41) is 14.7. The smallest absolute Gasteiger partial charge is 0.233 e. The third kappa shape index (κ3) is 2.96. The number of carbonyl (C=O) groups is 1. The number of likely N-dealkylation sites (tertiary alicyclic amines) is 1. The molecule has 1 aliphatic heterocycles. The summed E-state index contributed by atoms with van der Waals surface area (Å²) in [5.74, 6) is 0.543. The third-order valence-corrected chi connectivity index (χ3v) is 5.28. The molecule has 2 aromatic rings. The third-order valence-electron chi connectivity index (χ3n) is 5.28. The van der Waals surface area contributed by atoms with Gasteiger partial charge < -0.3 is 10.2 Å². The van der Waals surface area contributed by atoms with E-state index in [1.807, 2.05) is 16.9 Å². The topological polar surface area (TPSA) is 78.8 Å². The number of aromatic nitrogens is 4. The number of amides is 1. The van der Waals surface area contributed by atoms with Gasteiger partial charge in [0.05, 0.1) is 18.2 Å². The van der Waals surface area contributed by atoms with Crippen LogP contribution in [0.4, 0.5) is 5.82 Å². The molecule has 1 fully saturated rings. The van der Waals surface area contributed by atoms with Crippen molar-refractivity contribution in [2.45, 2.75) is 44.1 Å². The Bertz CT molecular complexity index is 712. The van der Waals surface area contributed by atoms with Crippen LogP contribution in [0.2, 0.25) is 0 Å². The summed E-state index contributed by atoms with van der Waals surface area (Å²) in [6, 6.07) is 2.33. The second-order valence-electron chi connectivity index (χ2n) is 6.95. The van der Waals surface area contributed by atoms with Crippen molar-refractivity contribution in [3.05, 3.63) is 29.7 Å². The Morgan fingerprint density at radius 3 is 3.00 bits per heavy atom. The van der Waals surface area contributed by atoms with E-state index >= 15 is 0 Å². The van der Waals surface area contributed by atoms with E-state index < -0.39 is 0 Å². The fourth-order valence-electron chi connectivity index (χ4n) is 3.81. The van der Waals surface area contributed by atoms with E-state index in [1.165, 1.54) is 0 Å². The summed E-state index contributed by atoms with van der Waals surface area (Å²) in [4.78, 5) is 15.0. The number of hydrogen-bond acceptors (Lipinski definition) is 4. The van der Waals surface area contributed by atoms with Gasteiger partial charge >= 0.3 is 0 Å². The number of carbonyl (C=O) groups excluding carboxylic acids is 1. The number of H-pyrrole nitrogens is 1. The highest BCUT2D eigenvalue weighted by Crippen LogP contribution is 2.31. The van der Waals surface area contributed by atoms with Crippen LogP contribution in [0.15, 0.2) is 18.5 Å². The van der Waals surface area contributed by atoms with Crippen molar-refractivity contribution < 1.29 is 4.79 Å². The molecule has 2 aliphatic rings. The summed E-state index contributed by atoms with van der Waals surface area (Å²) < 4.78 is 2.01. The highest BCUT2D eigenvalue weighted by molar-refractivity contribution is 5.95. The first-order valence-electron chi connectivity index (χ1n) is 8.77. The molecule has 0 spiro atoms. The van der Waals surface area contributed by atoms with Gasteiger partial charge in [-0.25, -0.2) is 0 Å². The zero-order valence-corrected chi connectivity index (χ0v) is 14.0. The molecule has 0 aromatic carbocycles. The summed E-state index contributed by atoms with van der Waals surface area (Å²) in [5.41, 5.74) is 2.13. The lowest BCUT2D eigenvalue weighted by atomic mass is 9.86. The van der Waals surface area contributed by atoms with Crippen LogP contribution in [0.1, 0.15) is 48.9 Å². The van der Waals surface area contributed by atoms with Gasteiger partial charge in [-0.2, -0.15) is 10.2 Å². The van der Waals surface area contributed by atoms with Gasteiger partial charge in [0.1, 0.15) is 0 Å². The highest BCUT2D eigenvalue weighted by atomic mass is 16.2. The average molecular weight is 328 g/mol. The summed E-state index contributed by atoms with van der Waals surface area (Å²) in [7, 11) is 2.15. The Balaban J connectivity index is 1.42. The van der Waals surface area contributed by atoms with Crippen LogP contribution < -0.4 is 5.32 Å². The maximum atomic E-state index is 12.6. The van der Waals surface area contributed by atoms with Crippen LogP contribution in [0.25, 0.3) is 0 Å². The fraction of sp³-hybridized carbons (Fsp3) is 0.588. The van der Waals surface area contributed by atoms with Crippen LogP contribution >= 0.6 is 0 Å². The number of rotatable bonds is 3. The molecule has 0 radical (unpaired) electrons. The van der Waals surface area contributed by atoms with Crippen molar-refractivity contribution in [3.63, 3.8) is 0 Å². The van der Waals surface area contributed by atoms with Gasteiger partial charge in [-0.1, -0.05) is 0 Å². The molecule has 1 unspecified atom stereocenters. The lowest BCUT2D eigenvalue weighted by molar-refractivity contribution is -0.117. The lowest BCUT2D eigenvalue weighted by Gasteiger charge is -2.29. The first kappa shape index (κ1) is 15.4. The summed E-state index contributed by atoms with van der Waals surface area (Å²) in [6.07, 6.45) is 8.83. The molecule has 1 amide bonds. The zero-order chi connectivity index (χ0) is 16.5. The number of anilines is 1. The second-order valence-corrected chi connectivity index (χ2v) is 6.95. The van der Waals surface area contributed by atoms with Gasteiger partial charge in [0, 0.05) is 23.5 Å². The largest absolute Gasteiger partial charge is 0.309 e. The predicted octanol–water partition coefficient (Wildman–Crippen LogP) is 1.93. The molecule has 24 heavy (non-hydrogen) atoms. The van der Waals surface area contributed by atoms with Crippen LogP contribution in [-0.2, 0) is 11.2 Å². The van der Waals surface area contributed by atoms with Crippen LogP contribution in [-0.4, -0.2) is 50.9 Å². The molecule has 128 valence electrons. The molecular weight excluding hydrogens is 304 g/mol. The highest BCUT2D eigenvalue weighted by Gasteiger charge is 2.28. The minimum absolute atomic E-state index is 0.0194. The molecule has 1 saturated heterocycles. The fourth-order valence-corrected chi connectivity index (χ4v) is 3.81. The number of aryl methyl sites for hydroxylation is 1. The Morgan fingerprint density at radius 2 is 2.17 bits per heavy atom. The van der Waals surface area contributed by atoms with Crippen LogP contribution in [0.3, 0.4) is 0 Å². The van der Waals surface area contributed by atoms with E-state index in [1.54, 1.807) is 6.20 Å². The van der Waals surface area contributed by atoms with E-state index in [2.05, 4.69) is 32.6 Å². The lowest BCUT2D eigenvalue weighted by Crippen LogP contribution is -2.31. The van der Waals surface area contributed by atoms with Crippen molar-refractivity contribution in [1.82, 2.24) is 24.9 Å². The Morgan fingerprint density at radius 1 is 1.33 bits per heavy atom. The molecule has 3 heterocycles. The normalized spacial score (nSPS) is 22.3. The Hall–Kier alpha value is -2.15. The van der Waals surface area contributed by atoms with Gasteiger partial charge in [-0.3, -0.25) is 14.6 Å². The number of aromatic amines is 1. The van der Waals surface area contributed by atoms with E-state index in [4.69, 9.17) is 0 Å².